The predicted octanol–water partition coefficient (Wildman–Crippen LogP) is 3.30. The molecule has 1 aliphatic rings. The van der Waals surface area contributed by atoms with E-state index in [-0.39, 0.29) is 0 Å². The number of piperidine rings is 1. The highest BCUT2D eigenvalue weighted by molar-refractivity contribution is 9.11. The van der Waals surface area contributed by atoms with Crippen molar-refractivity contribution in [2.45, 2.75) is 12.8 Å². The number of hydrogen-bond acceptors (Lipinski definition) is 3. The SMILES string of the molecule is CS(=O)(=O)N1CCCC(CNc2c(Br)cccc2Br)C1. The molecular weight excluding hydrogens is 408 g/mol. The first-order valence-electron chi connectivity index (χ1n) is 6.51. The molecule has 1 fully saturated rings. The molecule has 0 spiro atoms. The summed E-state index contributed by atoms with van der Waals surface area (Å²) in [5.74, 6) is 0.345. The highest BCUT2D eigenvalue weighted by Gasteiger charge is 2.25. The fourth-order valence-electron chi connectivity index (χ4n) is 2.41. The molecule has 7 heteroatoms. The van der Waals surface area contributed by atoms with Crippen molar-refractivity contribution < 1.29 is 8.42 Å². The van der Waals surface area contributed by atoms with Gasteiger partial charge in [0.15, 0.2) is 0 Å². The third kappa shape index (κ3) is 4.19. The molecule has 20 heavy (non-hydrogen) atoms. The van der Waals surface area contributed by atoms with E-state index in [9.17, 15) is 8.42 Å². The van der Waals surface area contributed by atoms with Crippen LogP contribution in [0.3, 0.4) is 0 Å². The summed E-state index contributed by atoms with van der Waals surface area (Å²) in [6.07, 6.45) is 3.27. The molecule has 1 heterocycles. The zero-order chi connectivity index (χ0) is 14.8. The second-order valence-electron chi connectivity index (χ2n) is 5.11. The number of benzene rings is 1. The van der Waals surface area contributed by atoms with Crippen molar-refractivity contribution in [1.82, 2.24) is 4.31 Å². The predicted molar refractivity (Wildman–Crippen MR) is 89.5 cm³/mol. The average molecular weight is 426 g/mol. The average Bonchev–Trinajstić information content (AvgIpc) is 2.37. The summed E-state index contributed by atoms with van der Waals surface area (Å²) in [5.41, 5.74) is 1.02. The van der Waals surface area contributed by atoms with Gasteiger partial charge in [0.2, 0.25) is 10.0 Å². The molecule has 1 aliphatic heterocycles. The molecule has 112 valence electrons. The highest BCUT2D eigenvalue weighted by Crippen LogP contribution is 2.31. The lowest BCUT2D eigenvalue weighted by molar-refractivity contribution is 0.277. The number of nitrogens with one attached hydrogen (secondary N) is 1. The van der Waals surface area contributed by atoms with Crippen molar-refractivity contribution in [3.8, 4) is 0 Å². The van der Waals surface area contributed by atoms with Crippen LogP contribution in [0.1, 0.15) is 12.8 Å². The van der Waals surface area contributed by atoms with Gasteiger partial charge in [0.1, 0.15) is 0 Å². The molecule has 1 unspecified atom stereocenters. The van der Waals surface area contributed by atoms with Gasteiger partial charge < -0.3 is 5.32 Å². The lowest BCUT2D eigenvalue weighted by atomic mass is 9.99. The van der Waals surface area contributed by atoms with Gasteiger partial charge in [-0.05, 0) is 62.8 Å². The van der Waals surface area contributed by atoms with Gasteiger partial charge in [0.05, 0.1) is 11.9 Å². The molecule has 1 saturated heterocycles. The van der Waals surface area contributed by atoms with Crippen molar-refractivity contribution in [2.24, 2.45) is 5.92 Å². The number of hydrogen-bond donors (Lipinski definition) is 1. The Morgan fingerprint density at radius 3 is 2.60 bits per heavy atom. The largest absolute Gasteiger partial charge is 0.383 e. The van der Waals surface area contributed by atoms with Crippen LogP contribution in [0, 0.1) is 5.92 Å². The van der Waals surface area contributed by atoms with Crippen LogP contribution in [0.2, 0.25) is 0 Å². The molecular formula is C13H18Br2N2O2S. The van der Waals surface area contributed by atoms with Crippen LogP contribution in [0.4, 0.5) is 5.69 Å². The van der Waals surface area contributed by atoms with Crippen LogP contribution < -0.4 is 5.32 Å². The van der Waals surface area contributed by atoms with Crippen LogP contribution in [0.5, 0.6) is 0 Å². The van der Waals surface area contributed by atoms with E-state index in [0.717, 1.165) is 34.0 Å². The maximum absolute atomic E-state index is 11.6. The molecule has 0 aromatic heterocycles. The first-order valence-corrected chi connectivity index (χ1v) is 9.94. The molecule has 2 rings (SSSR count). The van der Waals surface area contributed by atoms with E-state index in [1.165, 1.54) is 6.26 Å². The third-order valence-corrected chi connectivity index (χ3v) is 6.07. The number of rotatable bonds is 4. The molecule has 0 saturated carbocycles. The summed E-state index contributed by atoms with van der Waals surface area (Å²) in [6, 6.07) is 5.93. The molecule has 1 aromatic carbocycles. The number of para-hydroxylation sites is 1. The Kier molecular flexibility index (Phi) is 5.50. The van der Waals surface area contributed by atoms with Crippen molar-refractivity contribution >= 4 is 47.6 Å². The Morgan fingerprint density at radius 1 is 1.35 bits per heavy atom. The smallest absolute Gasteiger partial charge is 0.211 e. The minimum atomic E-state index is -3.07. The van der Waals surface area contributed by atoms with E-state index in [4.69, 9.17) is 0 Å². The standard InChI is InChI=1S/C13H18Br2N2O2S/c1-20(18,19)17-7-3-4-10(9-17)8-16-13-11(14)5-2-6-12(13)15/h2,5-6,10,16H,3-4,7-9H2,1H3. The number of sulfonamides is 1. The van der Waals surface area contributed by atoms with Crippen LogP contribution in [-0.4, -0.2) is 38.6 Å². The second-order valence-corrected chi connectivity index (χ2v) is 8.80. The topological polar surface area (TPSA) is 49.4 Å². The van der Waals surface area contributed by atoms with E-state index in [2.05, 4.69) is 37.2 Å². The fourth-order valence-corrected chi connectivity index (χ4v) is 4.63. The number of halogens is 2. The summed E-state index contributed by atoms with van der Waals surface area (Å²) in [6.45, 7) is 2.02. The Balaban J connectivity index is 1.97. The highest BCUT2D eigenvalue weighted by atomic mass is 79.9. The van der Waals surface area contributed by atoms with Crippen molar-refractivity contribution in [1.29, 1.82) is 0 Å². The van der Waals surface area contributed by atoms with Gasteiger partial charge in [-0.1, -0.05) is 6.07 Å². The zero-order valence-corrected chi connectivity index (χ0v) is 15.3. The van der Waals surface area contributed by atoms with Crippen molar-refractivity contribution in [3.05, 3.63) is 27.1 Å². The number of anilines is 1. The molecule has 0 aliphatic carbocycles. The molecule has 0 amide bonds. The molecule has 4 nitrogen and oxygen atoms in total. The first-order chi connectivity index (χ1) is 9.38. The van der Waals surface area contributed by atoms with Gasteiger partial charge in [-0.25, -0.2) is 12.7 Å². The fraction of sp³-hybridized carbons (Fsp3) is 0.538. The Labute approximate surface area is 137 Å². The summed E-state index contributed by atoms with van der Waals surface area (Å²) in [7, 11) is -3.07. The quantitative estimate of drug-likeness (QED) is 0.804. The lowest BCUT2D eigenvalue weighted by Crippen LogP contribution is -2.41. The van der Waals surface area contributed by atoms with Crippen LogP contribution in [0.15, 0.2) is 27.1 Å². The summed E-state index contributed by atoms with van der Waals surface area (Å²) < 4.78 is 26.8. The normalized spacial score (nSPS) is 20.9. The van der Waals surface area contributed by atoms with Gasteiger partial charge in [-0.15, -0.1) is 0 Å². The summed E-state index contributed by atoms with van der Waals surface area (Å²) in [5, 5.41) is 3.41. The first kappa shape index (κ1) is 16.3. The van der Waals surface area contributed by atoms with Gasteiger partial charge >= 0.3 is 0 Å². The van der Waals surface area contributed by atoms with Crippen LogP contribution in [0.25, 0.3) is 0 Å². The molecule has 0 bridgehead atoms. The molecule has 1 N–H and O–H groups in total. The Hall–Kier alpha value is -0.110. The van der Waals surface area contributed by atoms with E-state index >= 15 is 0 Å². The minimum Gasteiger partial charge on any atom is -0.383 e. The second kappa shape index (κ2) is 6.77. The Morgan fingerprint density at radius 2 is 2.00 bits per heavy atom. The summed E-state index contributed by atoms with van der Waals surface area (Å²) in [4.78, 5) is 0. The van der Waals surface area contributed by atoms with Crippen LogP contribution >= 0.6 is 31.9 Å². The van der Waals surface area contributed by atoms with Crippen molar-refractivity contribution in [3.63, 3.8) is 0 Å². The third-order valence-electron chi connectivity index (χ3n) is 3.48. The molecule has 1 aromatic rings. The minimum absolute atomic E-state index is 0.345. The number of nitrogens with zero attached hydrogens (tertiary/aromatic N) is 1. The van der Waals surface area contributed by atoms with Crippen molar-refractivity contribution in [2.75, 3.05) is 31.2 Å². The van der Waals surface area contributed by atoms with E-state index in [0.29, 0.717) is 19.0 Å². The van der Waals surface area contributed by atoms with Gasteiger partial charge in [-0.3, -0.25) is 0 Å². The van der Waals surface area contributed by atoms with E-state index in [1.54, 1.807) is 4.31 Å². The van der Waals surface area contributed by atoms with Gasteiger partial charge in [-0.2, -0.15) is 0 Å². The maximum Gasteiger partial charge on any atom is 0.211 e. The van der Waals surface area contributed by atoms with Crippen LogP contribution in [-0.2, 0) is 10.0 Å². The summed E-state index contributed by atoms with van der Waals surface area (Å²) >= 11 is 7.03. The van der Waals surface area contributed by atoms with Gasteiger partial charge in [0, 0.05) is 28.6 Å². The monoisotopic (exact) mass is 424 g/mol. The lowest BCUT2D eigenvalue weighted by Gasteiger charge is -2.31. The van der Waals surface area contributed by atoms with E-state index in [1.807, 2.05) is 18.2 Å². The molecule has 1 atom stereocenters. The molecule has 0 radical (unpaired) electrons. The van der Waals surface area contributed by atoms with Gasteiger partial charge in [0.25, 0.3) is 0 Å². The zero-order valence-electron chi connectivity index (χ0n) is 11.3. The Bertz CT molecular complexity index is 557. The maximum atomic E-state index is 11.6. The van der Waals surface area contributed by atoms with E-state index < -0.39 is 10.0 Å².